The zero-order valence-electron chi connectivity index (χ0n) is 66.7. The smallest absolute Gasteiger partial charge is 0.305 e. The summed E-state index contributed by atoms with van der Waals surface area (Å²) in [5, 5.41) is 10.6. The third kappa shape index (κ3) is 20.5. The number of aryl methyl sites for hydroxylation is 3. The summed E-state index contributed by atoms with van der Waals surface area (Å²) in [7, 11) is -4.06. The van der Waals surface area contributed by atoms with Crippen molar-refractivity contribution in [1.82, 2.24) is 20.9 Å². The van der Waals surface area contributed by atoms with Gasteiger partial charge in [-0.05, 0) is 211 Å². The molecule has 4 aliphatic heterocycles. The molecule has 3 N–H and O–H groups in total. The van der Waals surface area contributed by atoms with E-state index in [0.29, 0.717) is 81.4 Å². The van der Waals surface area contributed by atoms with E-state index in [1.807, 2.05) is 168 Å². The Morgan fingerprint density at radius 1 is 0.429 bits per heavy atom. The number of fused-ring (bicyclic) bond motifs is 8. The number of hydrogen-bond acceptors (Lipinski definition) is 18. The van der Waals surface area contributed by atoms with Crippen LogP contribution in [-0.2, 0) is 74.7 Å². The maximum atomic E-state index is 13.3. The van der Waals surface area contributed by atoms with Crippen LogP contribution < -0.4 is 33.2 Å². The number of sulfonamides is 4. The number of esters is 1. The van der Waals surface area contributed by atoms with Crippen molar-refractivity contribution < 1.29 is 61.7 Å². The van der Waals surface area contributed by atoms with Crippen LogP contribution in [0.25, 0.3) is 0 Å². The topological polar surface area (TPSA) is 268 Å². The molecule has 0 radical (unpaired) electrons. The highest BCUT2D eigenvalue weighted by atomic mass is 32.2. The van der Waals surface area contributed by atoms with Gasteiger partial charge in [0.25, 0.3) is 40.1 Å². The van der Waals surface area contributed by atoms with Crippen LogP contribution in [0.3, 0.4) is 0 Å². The lowest BCUT2D eigenvalue weighted by molar-refractivity contribution is -0.143. The molecule has 8 aromatic carbocycles. The second-order valence-electron chi connectivity index (χ2n) is 28.6. The molecule has 4 heterocycles. The average molecular weight is 1630 g/mol. The van der Waals surface area contributed by atoms with Crippen LogP contribution in [0.1, 0.15) is 170 Å². The Hall–Kier alpha value is -8.19. The van der Waals surface area contributed by atoms with Gasteiger partial charge in [-0.15, -0.1) is 0 Å². The minimum absolute atomic E-state index is 0.131. The second kappa shape index (κ2) is 39.7. The molecule has 112 heavy (non-hydrogen) atoms. The second-order valence-corrected chi connectivity index (χ2v) is 37.8. The van der Waals surface area contributed by atoms with Crippen LogP contribution in [0.5, 0.6) is 0 Å². The standard InChI is InChI=1S/C24H32N2O4S.C23H30N2O3S.C19H24N2O4S2.C19H24N2O3S/c1-4-30-23(27)13-7-5-6-10-16-25-24-19-11-8-9-12-21(19)26(3)31(28,29)22-15-14-18(2)17-20(22)24;1-17-13-14-20-22(16-17)29(27,28)25(4)21-12-8-7-11-19(21)23(20)24(3)15-9-5-6-10-18(2)26;1-21-17-8-5-4-7-15(17)19(20-11-6-12-25-2)16-10-9-14(26(3)22)13-18(16)27(21,23)24;1-14-9-10-18-16(13-14)19(20-11-6-12-24-3)15-7-4-5-8-17(15)21(2)25(18,22)23/h8-9,11-12,14-15,17,24-25H,4-7,10,13,16H2,1-3H3;7-8,11-14,16,23H,5-6,9-10,15H2,1-4H3;4-5,7-10,13,19-20H,6,11-12H2,1-3H3;4-5,7-10,13,19-20H,6,11-12H2,1-3H3. The zero-order chi connectivity index (χ0) is 81.2. The van der Waals surface area contributed by atoms with Gasteiger partial charge in [-0.2, -0.15) is 0 Å². The summed E-state index contributed by atoms with van der Waals surface area (Å²) in [6, 6.07) is 51.6. The predicted molar refractivity (Wildman–Crippen MR) is 446 cm³/mol. The molecular formula is C85H110N8O14S5. The number of nitrogens with zero attached hydrogens (tertiary/aromatic N) is 5. The Balaban J connectivity index is 0.000000172. The van der Waals surface area contributed by atoms with Gasteiger partial charge in [-0.3, -0.25) is 31.1 Å². The Kier molecular flexibility index (Phi) is 31.1. The van der Waals surface area contributed by atoms with Crippen molar-refractivity contribution in [3.05, 3.63) is 231 Å². The van der Waals surface area contributed by atoms with Crippen molar-refractivity contribution in [3.8, 4) is 0 Å². The SMILES string of the molecule is CC(=O)CCCCCN(C)C1c2ccccc2N(C)S(=O)(=O)c2cc(C)ccc21.CCOC(=O)CCCCCCNC1c2ccccc2N(C)S(=O)(=O)c2ccc(C)cc21.COCCCNC1c2ccccc2N(C)S(=O)(=O)c2cc(S(C)=O)ccc21.COCCCNC1c2ccccc2N(C)S(=O)(=O)c2ccc(C)cc21. The number of hydrogen-bond donors (Lipinski definition) is 3. The number of anilines is 4. The molecule has 0 aliphatic carbocycles. The van der Waals surface area contributed by atoms with Gasteiger partial charge in [0.15, 0.2) is 0 Å². The normalized spacial score (nSPS) is 17.9. The Labute approximate surface area is 667 Å². The summed E-state index contributed by atoms with van der Waals surface area (Å²) >= 11 is 0. The first kappa shape index (κ1) is 87.8. The van der Waals surface area contributed by atoms with Crippen molar-refractivity contribution in [1.29, 1.82) is 0 Å². The summed E-state index contributed by atoms with van der Waals surface area (Å²) < 4.78 is 139. The van der Waals surface area contributed by atoms with E-state index >= 15 is 0 Å². The number of carbonyl (C=O) groups excluding carboxylic acids is 2. The van der Waals surface area contributed by atoms with Gasteiger partial charge in [0.05, 0.1) is 73.1 Å². The minimum atomic E-state index is -3.76. The lowest BCUT2D eigenvalue weighted by Gasteiger charge is -2.30. The van der Waals surface area contributed by atoms with Crippen LogP contribution >= 0.6 is 0 Å². The maximum Gasteiger partial charge on any atom is 0.305 e. The molecule has 8 aromatic rings. The molecule has 12 rings (SSSR count). The van der Waals surface area contributed by atoms with E-state index < -0.39 is 50.9 Å². The Morgan fingerprint density at radius 3 is 1.26 bits per heavy atom. The van der Waals surface area contributed by atoms with Gasteiger partial charge in [0, 0.05) is 90.4 Å². The van der Waals surface area contributed by atoms with Crippen LogP contribution in [0.15, 0.2) is 194 Å². The highest BCUT2D eigenvalue weighted by molar-refractivity contribution is 7.94. The number of ether oxygens (including phenoxy) is 3. The molecule has 22 nitrogen and oxygen atoms in total. The molecule has 0 saturated carbocycles. The number of rotatable bonds is 27. The number of Topliss-reactive ketones (excluding diaryl/α,β-unsaturated/α-hetero) is 1. The number of methoxy groups -OCH3 is 2. The molecule has 4 aliphatic rings. The molecule has 27 heteroatoms. The number of nitrogens with one attached hydrogen (secondary N) is 3. The maximum absolute atomic E-state index is 13.3. The zero-order valence-corrected chi connectivity index (χ0v) is 70.8. The molecule has 0 amide bonds. The van der Waals surface area contributed by atoms with Crippen molar-refractivity contribution in [2.45, 2.75) is 154 Å². The largest absolute Gasteiger partial charge is 0.466 e. The highest BCUT2D eigenvalue weighted by Crippen LogP contribution is 2.46. The van der Waals surface area contributed by atoms with Crippen LogP contribution in [0.2, 0.25) is 0 Å². The first-order valence-corrected chi connectivity index (χ1v) is 45.4. The first-order valence-electron chi connectivity index (χ1n) is 38.1. The van der Waals surface area contributed by atoms with Crippen LogP contribution in [0, 0.1) is 20.8 Å². The molecular weight excluding hydrogens is 1520 g/mol. The number of unbranched alkanes of at least 4 members (excludes halogenated alkanes) is 5. The lowest BCUT2D eigenvalue weighted by Crippen LogP contribution is -2.27. The number of ketones is 1. The van der Waals surface area contributed by atoms with Crippen molar-refractivity contribution in [2.24, 2.45) is 0 Å². The molecule has 5 unspecified atom stereocenters. The van der Waals surface area contributed by atoms with E-state index in [9.17, 15) is 47.5 Å². The van der Waals surface area contributed by atoms with E-state index in [0.717, 1.165) is 139 Å². The summed E-state index contributed by atoms with van der Waals surface area (Å²) in [5.41, 5.74) is 12.6. The Bertz CT molecular complexity index is 5110. The summed E-state index contributed by atoms with van der Waals surface area (Å²) in [6.07, 6.45) is 10.9. The Morgan fingerprint density at radius 2 is 0.804 bits per heavy atom. The van der Waals surface area contributed by atoms with Gasteiger partial charge in [0.1, 0.15) is 5.78 Å². The van der Waals surface area contributed by atoms with E-state index in [1.54, 1.807) is 85.9 Å². The molecule has 0 fully saturated rings. The van der Waals surface area contributed by atoms with E-state index in [4.69, 9.17) is 14.2 Å². The van der Waals surface area contributed by atoms with Crippen molar-refractivity contribution in [2.75, 3.05) is 119 Å². The van der Waals surface area contributed by atoms with Gasteiger partial charge in [0.2, 0.25) is 0 Å². The summed E-state index contributed by atoms with van der Waals surface area (Å²) in [4.78, 5) is 26.6. The van der Waals surface area contributed by atoms with Gasteiger partial charge < -0.3 is 35.0 Å². The quantitative estimate of drug-likeness (QED) is 0.0319. The lowest BCUT2D eigenvalue weighted by atomic mass is 9.94. The molecule has 5 atom stereocenters. The molecule has 0 aromatic heterocycles. The van der Waals surface area contributed by atoms with Gasteiger partial charge >= 0.3 is 5.97 Å². The molecule has 0 bridgehead atoms. The minimum Gasteiger partial charge on any atom is -0.466 e. The van der Waals surface area contributed by atoms with E-state index in [2.05, 4.69) is 20.9 Å². The molecule has 0 spiro atoms. The van der Waals surface area contributed by atoms with Crippen LogP contribution in [-0.4, -0.2) is 156 Å². The van der Waals surface area contributed by atoms with Crippen molar-refractivity contribution in [3.63, 3.8) is 0 Å². The summed E-state index contributed by atoms with van der Waals surface area (Å²) in [6.45, 7) is 14.1. The predicted octanol–water partition coefficient (Wildman–Crippen LogP) is 13.8. The van der Waals surface area contributed by atoms with E-state index in [1.165, 1.54) is 23.3 Å². The molecule has 604 valence electrons. The first-order chi connectivity index (χ1) is 53.4. The van der Waals surface area contributed by atoms with Crippen LogP contribution in [0.4, 0.5) is 22.7 Å². The summed E-state index contributed by atoms with van der Waals surface area (Å²) in [5.74, 6) is 0.0987. The highest BCUT2D eigenvalue weighted by Gasteiger charge is 2.40. The fourth-order valence-electron chi connectivity index (χ4n) is 14.7. The number of para-hydroxylation sites is 4. The van der Waals surface area contributed by atoms with E-state index in [-0.39, 0.29) is 40.8 Å². The fourth-order valence-corrected chi connectivity index (χ4v) is 21.2. The third-order valence-corrected chi connectivity index (χ3v) is 28.9. The number of carbonyl (C=O) groups is 2. The monoisotopic (exact) mass is 1630 g/mol. The number of benzene rings is 8. The average Bonchev–Trinajstić information content (AvgIpc) is 1.63. The van der Waals surface area contributed by atoms with Crippen molar-refractivity contribution >= 4 is 85.4 Å². The third-order valence-electron chi connectivity index (χ3n) is 20.6. The van der Waals surface area contributed by atoms with Gasteiger partial charge in [-0.25, -0.2) is 33.7 Å². The van der Waals surface area contributed by atoms with Gasteiger partial charge in [-0.1, -0.05) is 146 Å². The molecule has 0 saturated heterocycles. The fraction of sp³-hybridized carbons (Fsp3) is 0.412.